The third-order valence-electron chi connectivity index (χ3n) is 8.29. The third-order valence-corrected chi connectivity index (χ3v) is 8.29. The molecule has 0 aliphatic rings. The summed E-state index contributed by atoms with van der Waals surface area (Å²) in [6.45, 7) is 5.08. The van der Waals surface area contributed by atoms with Crippen LogP contribution < -0.4 is 0 Å². The van der Waals surface area contributed by atoms with Gasteiger partial charge in [-0.05, 0) is 44.9 Å². The Balaban J connectivity index is 3.21. The van der Waals surface area contributed by atoms with Gasteiger partial charge in [-0.2, -0.15) is 0 Å². The van der Waals surface area contributed by atoms with Gasteiger partial charge in [0.05, 0.1) is 6.61 Å². The van der Waals surface area contributed by atoms with E-state index in [-0.39, 0.29) is 5.97 Å². The molecule has 42 heavy (non-hydrogen) atoms. The number of hydrogen-bond donors (Lipinski definition) is 0. The zero-order chi connectivity index (χ0) is 30.4. The largest absolute Gasteiger partial charge is 0.466 e. The smallest absolute Gasteiger partial charge is 0.305 e. The van der Waals surface area contributed by atoms with Crippen molar-refractivity contribution in [2.24, 2.45) is 0 Å². The minimum atomic E-state index is 0.0148. The number of carbonyl (C=O) groups excluding carboxylic acids is 1. The van der Waals surface area contributed by atoms with E-state index in [0.29, 0.717) is 13.0 Å². The maximum absolute atomic E-state index is 11.9. The summed E-state index contributed by atoms with van der Waals surface area (Å²) in [5, 5.41) is 0. The maximum Gasteiger partial charge on any atom is 0.305 e. The number of unbranched alkanes of at least 4 members (excludes halogenated alkanes) is 24. The molecule has 0 unspecified atom stereocenters. The predicted molar refractivity (Wildman–Crippen MR) is 188 cm³/mol. The molecule has 0 aliphatic heterocycles. The lowest BCUT2D eigenvalue weighted by Crippen LogP contribution is -2.05. The molecule has 0 aromatic carbocycles. The second kappa shape index (κ2) is 37.7. The van der Waals surface area contributed by atoms with Gasteiger partial charge in [0, 0.05) is 6.42 Å². The van der Waals surface area contributed by atoms with Gasteiger partial charge in [-0.3, -0.25) is 4.79 Å². The molecular weight excluding hydrogens is 512 g/mol. The summed E-state index contributed by atoms with van der Waals surface area (Å²) in [5.41, 5.74) is 0. The standard InChI is InChI=1S/C40H74O2/c1-3-5-7-9-11-13-15-17-19-21-22-23-24-26-28-30-32-34-36-38-40(41)42-39-37-35-33-31-29-27-25-20-18-16-14-12-10-8-6-4-2/h6,8,12,14,18,20H,3-5,7,9-11,13,15-17,19,21-39H2,1-2H3/b8-6+,14-12+,20-18+. The zero-order valence-corrected chi connectivity index (χ0v) is 28.7. The summed E-state index contributed by atoms with van der Waals surface area (Å²) >= 11 is 0. The molecule has 0 aromatic heterocycles. The summed E-state index contributed by atoms with van der Waals surface area (Å²) in [7, 11) is 0. The molecule has 0 rings (SSSR count). The molecule has 246 valence electrons. The summed E-state index contributed by atoms with van der Waals surface area (Å²) in [6, 6.07) is 0. The molecule has 0 fully saturated rings. The van der Waals surface area contributed by atoms with Gasteiger partial charge in [0.25, 0.3) is 0 Å². The molecule has 0 saturated heterocycles. The summed E-state index contributed by atoms with van der Waals surface area (Å²) in [4.78, 5) is 11.9. The van der Waals surface area contributed by atoms with Crippen molar-refractivity contribution in [3.05, 3.63) is 36.5 Å². The van der Waals surface area contributed by atoms with E-state index in [1.807, 2.05) is 0 Å². The Morgan fingerprint density at radius 2 is 0.810 bits per heavy atom. The van der Waals surface area contributed by atoms with E-state index < -0.39 is 0 Å². The van der Waals surface area contributed by atoms with Gasteiger partial charge in [0.15, 0.2) is 0 Å². The lowest BCUT2D eigenvalue weighted by Gasteiger charge is -2.05. The summed E-state index contributed by atoms with van der Waals surface area (Å²) in [6.07, 6.45) is 52.2. The van der Waals surface area contributed by atoms with Crippen molar-refractivity contribution < 1.29 is 9.53 Å². The monoisotopic (exact) mass is 587 g/mol. The molecule has 0 amide bonds. The molecule has 0 aliphatic carbocycles. The van der Waals surface area contributed by atoms with E-state index in [2.05, 4.69) is 50.3 Å². The second-order valence-corrected chi connectivity index (χ2v) is 12.5. The van der Waals surface area contributed by atoms with Crippen LogP contribution >= 0.6 is 0 Å². The highest BCUT2D eigenvalue weighted by atomic mass is 16.5. The quantitative estimate of drug-likeness (QED) is 0.0426. The van der Waals surface area contributed by atoms with Crippen LogP contribution in [-0.4, -0.2) is 12.6 Å². The Hall–Kier alpha value is -1.31. The van der Waals surface area contributed by atoms with Crippen LogP contribution in [-0.2, 0) is 9.53 Å². The van der Waals surface area contributed by atoms with Crippen LogP contribution in [0.15, 0.2) is 36.5 Å². The third kappa shape index (κ3) is 36.7. The number of ether oxygens (including phenoxy) is 1. The highest BCUT2D eigenvalue weighted by Gasteiger charge is 2.02. The van der Waals surface area contributed by atoms with Gasteiger partial charge in [0.2, 0.25) is 0 Å². The van der Waals surface area contributed by atoms with Crippen LogP contribution in [0.4, 0.5) is 0 Å². The fourth-order valence-electron chi connectivity index (χ4n) is 5.50. The highest BCUT2D eigenvalue weighted by Crippen LogP contribution is 2.15. The SMILES string of the molecule is CC/C=C/C/C=C/C/C=C/CCCCCCCCOC(=O)CCCCCCCCCCCCCCCCCCCCC. The van der Waals surface area contributed by atoms with Gasteiger partial charge in [-0.25, -0.2) is 0 Å². The number of esters is 1. The first-order valence-electron chi connectivity index (χ1n) is 18.9. The maximum atomic E-state index is 11.9. The van der Waals surface area contributed by atoms with E-state index in [4.69, 9.17) is 4.74 Å². The predicted octanol–water partition coefficient (Wildman–Crippen LogP) is 13.9. The van der Waals surface area contributed by atoms with Crippen molar-refractivity contribution in [2.45, 2.75) is 206 Å². The molecule has 0 radical (unpaired) electrons. The molecule has 2 heteroatoms. The molecular formula is C40H74O2. The van der Waals surface area contributed by atoms with Gasteiger partial charge in [-0.1, -0.05) is 192 Å². The minimum Gasteiger partial charge on any atom is -0.466 e. The van der Waals surface area contributed by atoms with Crippen LogP contribution in [0.5, 0.6) is 0 Å². The fourth-order valence-corrected chi connectivity index (χ4v) is 5.50. The first-order chi connectivity index (χ1) is 20.8. The number of carbonyl (C=O) groups is 1. The van der Waals surface area contributed by atoms with E-state index in [1.165, 1.54) is 154 Å². The van der Waals surface area contributed by atoms with Crippen LogP contribution in [0.3, 0.4) is 0 Å². The molecule has 0 heterocycles. The Morgan fingerprint density at radius 3 is 1.29 bits per heavy atom. The summed E-state index contributed by atoms with van der Waals surface area (Å²) < 4.78 is 5.44. The van der Waals surface area contributed by atoms with Gasteiger partial charge >= 0.3 is 5.97 Å². The van der Waals surface area contributed by atoms with Crippen molar-refractivity contribution in [1.29, 1.82) is 0 Å². The molecule has 0 N–H and O–H groups in total. The normalized spacial score (nSPS) is 12.0. The number of hydrogen-bond acceptors (Lipinski definition) is 2. The van der Waals surface area contributed by atoms with Gasteiger partial charge < -0.3 is 4.74 Å². The van der Waals surface area contributed by atoms with Crippen LogP contribution in [0, 0.1) is 0 Å². The molecule has 2 nitrogen and oxygen atoms in total. The molecule has 0 spiro atoms. The van der Waals surface area contributed by atoms with Crippen LogP contribution in [0.1, 0.15) is 206 Å². The molecule has 0 bridgehead atoms. The first-order valence-corrected chi connectivity index (χ1v) is 18.9. The van der Waals surface area contributed by atoms with Crippen molar-refractivity contribution in [1.82, 2.24) is 0 Å². The van der Waals surface area contributed by atoms with Crippen LogP contribution in [0.25, 0.3) is 0 Å². The summed E-state index contributed by atoms with van der Waals surface area (Å²) in [5.74, 6) is 0.0148. The van der Waals surface area contributed by atoms with Crippen molar-refractivity contribution in [3.63, 3.8) is 0 Å². The number of rotatable bonds is 34. The Morgan fingerprint density at radius 1 is 0.429 bits per heavy atom. The van der Waals surface area contributed by atoms with E-state index in [0.717, 1.165) is 32.1 Å². The van der Waals surface area contributed by atoms with Crippen LogP contribution in [0.2, 0.25) is 0 Å². The lowest BCUT2D eigenvalue weighted by molar-refractivity contribution is -0.143. The second-order valence-electron chi connectivity index (χ2n) is 12.5. The lowest BCUT2D eigenvalue weighted by atomic mass is 10.0. The van der Waals surface area contributed by atoms with E-state index >= 15 is 0 Å². The zero-order valence-electron chi connectivity index (χ0n) is 28.7. The van der Waals surface area contributed by atoms with Crippen molar-refractivity contribution in [2.75, 3.05) is 6.61 Å². The first kappa shape index (κ1) is 40.7. The Bertz CT molecular complexity index is 603. The average Bonchev–Trinajstić information content (AvgIpc) is 3.00. The minimum absolute atomic E-state index is 0.0148. The Labute approximate surface area is 264 Å². The van der Waals surface area contributed by atoms with Crippen molar-refractivity contribution >= 4 is 5.97 Å². The average molecular weight is 587 g/mol. The van der Waals surface area contributed by atoms with E-state index in [1.54, 1.807) is 0 Å². The van der Waals surface area contributed by atoms with Crippen molar-refractivity contribution in [3.8, 4) is 0 Å². The molecule has 0 atom stereocenters. The van der Waals surface area contributed by atoms with Gasteiger partial charge in [-0.15, -0.1) is 0 Å². The van der Waals surface area contributed by atoms with Gasteiger partial charge in [0.1, 0.15) is 0 Å². The molecule has 0 saturated carbocycles. The fraction of sp³-hybridized carbons (Fsp3) is 0.825. The van der Waals surface area contributed by atoms with E-state index in [9.17, 15) is 4.79 Å². The Kier molecular flexibility index (Phi) is 36.5. The highest BCUT2D eigenvalue weighted by molar-refractivity contribution is 5.69. The molecule has 0 aromatic rings. The topological polar surface area (TPSA) is 26.3 Å². The number of allylic oxidation sites excluding steroid dienone is 6.